The van der Waals surface area contributed by atoms with E-state index in [1.54, 1.807) is 28.7 Å². The summed E-state index contributed by atoms with van der Waals surface area (Å²) in [5, 5.41) is 19.8. The van der Waals surface area contributed by atoms with Gasteiger partial charge in [0.05, 0.1) is 35.6 Å². The molecule has 0 saturated carbocycles. The summed E-state index contributed by atoms with van der Waals surface area (Å²) in [6.45, 7) is 0.328. The number of benzene rings is 1. The van der Waals surface area contributed by atoms with Gasteiger partial charge in [0.2, 0.25) is 0 Å². The number of fused-ring (bicyclic) bond motifs is 4. The third-order valence-corrected chi connectivity index (χ3v) is 6.15. The number of aryl methyl sites for hydroxylation is 2. The van der Waals surface area contributed by atoms with Crippen LogP contribution in [0.5, 0.6) is 0 Å². The van der Waals surface area contributed by atoms with Gasteiger partial charge in [-0.3, -0.25) is 14.3 Å². The summed E-state index contributed by atoms with van der Waals surface area (Å²) in [6.07, 6.45) is 3.31. The summed E-state index contributed by atoms with van der Waals surface area (Å²) >= 11 is 1.29. The molecule has 0 unspecified atom stereocenters. The molecule has 0 aliphatic heterocycles. The van der Waals surface area contributed by atoms with Crippen LogP contribution in [0.3, 0.4) is 0 Å². The molecule has 5 rings (SSSR count). The molecule has 0 saturated heterocycles. The summed E-state index contributed by atoms with van der Waals surface area (Å²) in [4.78, 5) is 28.5. The Hall–Kier alpha value is -3.53. The molecule has 0 fully saturated rings. The van der Waals surface area contributed by atoms with E-state index in [1.165, 1.54) is 16.0 Å². The lowest BCUT2D eigenvalue weighted by molar-refractivity contribution is -0.136. The number of thiazole rings is 1. The number of carboxylic acid groups (broad SMARTS) is 1. The summed E-state index contributed by atoms with van der Waals surface area (Å²) < 4.78 is 5.73. The van der Waals surface area contributed by atoms with E-state index in [2.05, 4.69) is 15.2 Å². The van der Waals surface area contributed by atoms with Crippen molar-refractivity contribution in [3.63, 3.8) is 0 Å². The maximum Gasteiger partial charge on any atom is 0.310 e. The van der Waals surface area contributed by atoms with Crippen molar-refractivity contribution in [1.82, 2.24) is 29.1 Å². The lowest BCUT2D eigenvalue weighted by Crippen LogP contribution is -2.24. The lowest BCUT2D eigenvalue weighted by Gasteiger charge is -2.07. The average Bonchev–Trinajstić information content (AvgIpc) is 3.33. The van der Waals surface area contributed by atoms with Gasteiger partial charge in [0, 0.05) is 24.9 Å². The van der Waals surface area contributed by atoms with Gasteiger partial charge in [-0.15, -0.1) is 11.3 Å². The quantitative estimate of drug-likeness (QED) is 0.487. The predicted molar refractivity (Wildman–Crippen MR) is 109 cm³/mol. The number of hydrogen-bond donors (Lipinski definition) is 1. The van der Waals surface area contributed by atoms with Crippen LogP contribution in [0.25, 0.3) is 32.2 Å². The number of carboxylic acids is 1. The molecule has 1 aromatic carbocycles. The molecule has 0 bridgehead atoms. The minimum atomic E-state index is -0.932. The molecule has 0 radical (unpaired) electrons. The third kappa shape index (κ3) is 2.64. The fraction of sp³-hybridized carbons (Fsp3) is 0.211. The molecule has 146 valence electrons. The number of nitrogens with zero attached hydrogens (tertiary/aromatic N) is 6. The van der Waals surface area contributed by atoms with Crippen molar-refractivity contribution < 1.29 is 9.90 Å². The van der Waals surface area contributed by atoms with Gasteiger partial charge in [0.25, 0.3) is 5.56 Å². The van der Waals surface area contributed by atoms with Crippen LogP contribution in [0.1, 0.15) is 10.6 Å². The van der Waals surface area contributed by atoms with Gasteiger partial charge >= 0.3 is 5.97 Å². The molecule has 1 N–H and O–H groups in total. The van der Waals surface area contributed by atoms with E-state index < -0.39 is 5.97 Å². The Bertz CT molecular complexity index is 1490. The van der Waals surface area contributed by atoms with E-state index in [-0.39, 0.29) is 12.0 Å². The van der Waals surface area contributed by atoms with Crippen molar-refractivity contribution >= 4 is 49.5 Å². The van der Waals surface area contributed by atoms with E-state index in [0.29, 0.717) is 28.1 Å². The van der Waals surface area contributed by atoms with Gasteiger partial charge in [-0.05, 0) is 11.6 Å². The molecule has 4 aromatic heterocycles. The van der Waals surface area contributed by atoms with Crippen molar-refractivity contribution in [2.24, 2.45) is 14.1 Å². The molecule has 4 heterocycles. The zero-order chi connectivity index (χ0) is 20.3. The average molecular weight is 408 g/mol. The van der Waals surface area contributed by atoms with Gasteiger partial charge < -0.3 is 9.67 Å². The van der Waals surface area contributed by atoms with E-state index >= 15 is 0 Å². The predicted octanol–water partition coefficient (Wildman–Crippen LogP) is 1.91. The van der Waals surface area contributed by atoms with E-state index in [9.17, 15) is 9.59 Å². The first kappa shape index (κ1) is 17.6. The van der Waals surface area contributed by atoms with Crippen molar-refractivity contribution in [3.05, 3.63) is 51.5 Å². The van der Waals surface area contributed by atoms with Gasteiger partial charge in [0.1, 0.15) is 10.5 Å². The van der Waals surface area contributed by atoms with Crippen molar-refractivity contribution in [1.29, 1.82) is 0 Å². The second-order valence-electron chi connectivity index (χ2n) is 6.88. The molecule has 0 aliphatic carbocycles. The standard InChI is InChI=1S/C19H16N6O3S/c1-23-16-12(17-18(23)22-14(29-17)6-15(26)27)8-21-25(19(16)28)9-10-4-3-5-13-11(10)7-20-24(13)2/h3-5,7-8H,6,9H2,1-2H3,(H,26,27). The molecule has 9 nitrogen and oxygen atoms in total. The zero-order valence-corrected chi connectivity index (χ0v) is 16.5. The van der Waals surface area contributed by atoms with Crippen LogP contribution in [0, 0.1) is 0 Å². The summed E-state index contributed by atoms with van der Waals surface area (Å²) in [5.74, 6) is -0.932. The Labute approximate surface area is 167 Å². The lowest BCUT2D eigenvalue weighted by atomic mass is 10.1. The fourth-order valence-electron chi connectivity index (χ4n) is 3.69. The van der Waals surface area contributed by atoms with Crippen molar-refractivity contribution in [3.8, 4) is 0 Å². The summed E-state index contributed by atoms with van der Waals surface area (Å²) in [6, 6.07) is 5.89. The first-order valence-electron chi connectivity index (χ1n) is 8.89. The maximum atomic E-state index is 13.2. The molecule has 0 aliphatic rings. The second-order valence-corrected chi connectivity index (χ2v) is 7.96. The van der Waals surface area contributed by atoms with Crippen LogP contribution >= 0.6 is 11.3 Å². The first-order chi connectivity index (χ1) is 13.9. The minimum Gasteiger partial charge on any atom is -0.481 e. The molecule has 0 spiro atoms. The highest BCUT2D eigenvalue weighted by molar-refractivity contribution is 7.19. The molecular weight excluding hydrogens is 392 g/mol. The third-order valence-electron chi connectivity index (χ3n) is 5.07. The van der Waals surface area contributed by atoms with Gasteiger partial charge in [0.15, 0.2) is 5.65 Å². The normalized spacial score (nSPS) is 11.8. The van der Waals surface area contributed by atoms with Crippen LogP contribution in [-0.4, -0.2) is 40.2 Å². The summed E-state index contributed by atoms with van der Waals surface area (Å²) in [5.41, 5.74) is 2.85. The molecule has 5 aromatic rings. The highest BCUT2D eigenvalue weighted by Gasteiger charge is 2.19. The van der Waals surface area contributed by atoms with E-state index in [1.807, 2.05) is 25.2 Å². The first-order valence-corrected chi connectivity index (χ1v) is 9.71. The van der Waals surface area contributed by atoms with Gasteiger partial charge in [-0.1, -0.05) is 12.1 Å². The highest BCUT2D eigenvalue weighted by atomic mass is 32.1. The Kier molecular flexibility index (Phi) is 3.78. The maximum absolute atomic E-state index is 13.2. The van der Waals surface area contributed by atoms with E-state index in [0.717, 1.165) is 21.2 Å². The zero-order valence-electron chi connectivity index (χ0n) is 15.7. The SMILES string of the molecule is Cn1ncc2c(Cn3ncc4c5sc(CC(=O)O)nc5n(C)c4c3=O)cccc21. The number of hydrogen-bond acceptors (Lipinski definition) is 6. The number of carbonyl (C=O) groups is 1. The number of aliphatic carboxylic acids is 1. The topological polar surface area (TPSA) is 108 Å². The monoisotopic (exact) mass is 408 g/mol. The van der Waals surface area contributed by atoms with Crippen molar-refractivity contribution in [2.45, 2.75) is 13.0 Å². The van der Waals surface area contributed by atoms with Gasteiger partial charge in [-0.25, -0.2) is 9.67 Å². The smallest absolute Gasteiger partial charge is 0.310 e. The molecule has 0 atom stereocenters. The van der Waals surface area contributed by atoms with Crippen LogP contribution < -0.4 is 5.56 Å². The number of aromatic nitrogens is 6. The largest absolute Gasteiger partial charge is 0.481 e. The van der Waals surface area contributed by atoms with Crippen LogP contribution in [0.15, 0.2) is 35.4 Å². The fourth-order valence-corrected chi connectivity index (χ4v) is 4.78. The highest BCUT2D eigenvalue weighted by Crippen LogP contribution is 2.31. The molecule has 29 heavy (non-hydrogen) atoms. The molecular formula is C19H16N6O3S. The Morgan fingerprint density at radius 3 is 2.76 bits per heavy atom. The minimum absolute atomic E-state index is 0.138. The summed E-state index contributed by atoms with van der Waals surface area (Å²) in [7, 11) is 3.65. The molecule has 10 heteroatoms. The van der Waals surface area contributed by atoms with Crippen LogP contribution in [-0.2, 0) is 31.9 Å². The van der Waals surface area contributed by atoms with Gasteiger partial charge in [-0.2, -0.15) is 10.2 Å². The van der Waals surface area contributed by atoms with Crippen LogP contribution in [0.4, 0.5) is 0 Å². The second kappa shape index (κ2) is 6.24. The Morgan fingerprint density at radius 2 is 1.97 bits per heavy atom. The Morgan fingerprint density at radius 1 is 1.17 bits per heavy atom. The Balaban J connectivity index is 1.64. The van der Waals surface area contributed by atoms with E-state index in [4.69, 9.17) is 5.11 Å². The number of rotatable bonds is 4. The van der Waals surface area contributed by atoms with Crippen molar-refractivity contribution in [2.75, 3.05) is 0 Å². The van der Waals surface area contributed by atoms with Crippen LogP contribution in [0.2, 0.25) is 0 Å². The molecule has 0 amide bonds.